The summed E-state index contributed by atoms with van der Waals surface area (Å²) in [6.45, 7) is 7.41. The minimum absolute atomic E-state index is 0.0987. The minimum atomic E-state index is -3.77. The number of benzene rings is 2. The normalized spacial score (nSPS) is 12.6. The van der Waals surface area contributed by atoms with Gasteiger partial charge in [-0.25, -0.2) is 21.2 Å². The zero-order valence-electron chi connectivity index (χ0n) is 17.6. The number of rotatable bonds is 7. The predicted molar refractivity (Wildman–Crippen MR) is 115 cm³/mol. The molecule has 2 aromatic carbocycles. The van der Waals surface area contributed by atoms with Crippen LogP contribution in [0.2, 0.25) is 0 Å². The van der Waals surface area contributed by atoms with Crippen molar-refractivity contribution in [2.45, 2.75) is 50.2 Å². The van der Waals surface area contributed by atoms with Crippen molar-refractivity contribution in [2.24, 2.45) is 0 Å². The van der Waals surface area contributed by atoms with Crippen LogP contribution in [-0.2, 0) is 25.6 Å². The van der Waals surface area contributed by atoms with Gasteiger partial charge in [0.2, 0.25) is 10.0 Å². The topological polar surface area (TPSA) is 71.5 Å². The highest BCUT2D eigenvalue weighted by Gasteiger charge is 2.26. The van der Waals surface area contributed by atoms with Crippen molar-refractivity contribution in [3.05, 3.63) is 58.9 Å². The van der Waals surface area contributed by atoms with E-state index in [1.165, 1.54) is 19.2 Å². The molecule has 160 valence electrons. The largest absolute Gasteiger partial charge is 0.273 e. The molecule has 0 heterocycles. The third-order valence-corrected chi connectivity index (χ3v) is 7.79. The fourth-order valence-electron chi connectivity index (χ4n) is 3.38. The summed E-state index contributed by atoms with van der Waals surface area (Å²) in [5.41, 5.74) is 2.09. The van der Waals surface area contributed by atoms with Crippen LogP contribution in [0, 0.1) is 5.82 Å². The Labute approximate surface area is 173 Å². The molecule has 0 aliphatic heterocycles. The second-order valence-electron chi connectivity index (χ2n) is 7.83. The maximum Gasteiger partial charge on any atom is 0.232 e. The zero-order chi connectivity index (χ0) is 22.1. The first-order valence-corrected chi connectivity index (χ1v) is 12.8. The predicted octanol–water partition coefficient (Wildman–Crippen LogP) is 4.44. The lowest BCUT2D eigenvalue weighted by atomic mass is 9.96. The van der Waals surface area contributed by atoms with Crippen LogP contribution in [0.15, 0.2) is 41.3 Å². The molecule has 0 amide bonds. The van der Waals surface area contributed by atoms with Gasteiger partial charge >= 0.3 is 0 Å². The van der Waals surface area contributed by atoms with Gasteiger partial charge in [-0.15, -0.1) is 0 Å². The zero-order valence-corrected chi connectivity index (χ0v) is 19.2. The SMILES string of the molecule is CC(C)c1cc(F)ccc1S(=O)(=O)Cc1cccc(N(C)S(C)(=O)=O)c1C(C)C. The fourth-order valence-corrected chi connectivity index (χ4v) is 5.64. The Bertz CT molecular complexity index is 1110. The Hall–Kier alpha value is -1.93. The van der Waals surface area contributed by atoms with Crippen molar-refractivity contribution >= 4 is 25.5 Å². The molecule has 0 aliphatic rings. The van der Waals surface area contributed by atoms with Gasteiger partial charge in [0, 0.05) is 7.05 Å². The van der Waals surface area contributed by atoms with E-state index in [1.807, 2.05) is 27.7 Å². The van der Waals surface area contributed by atoms with Gasteiger partial charge in [-0.05, 0) is 52.8 Å². The summed E-state index contributed by atoms with van der Waals surface area (Å²) >= 11 is 0. The second-order valence-corrected chi connectivity index (χ2v) is 11.8. The lowest BCUT2D eigenvalue weighted by molar-refractivity contribution is 0.589. The van der Waals surface area contributed by atoms with Crippen LogP contribution in [0.3, 0.4) is 0 Å². The Morgan fingerprint density at radius 1 is 0.966 bits per heavy atom. The average molecular weight is 442 g/mol. The van der Waals surface area contributed by atoms with Crippen LogP contribution in [0.1, 0.15) is 56.2 Å². The highest BCUT2D eigenvalue weighted by Crippen LogP contribution is 2.34. The molecular weight excluding hydrogens is 413 g/mol. The van der Waals surface area contributed by atoms with E-state index in [4.69, 9.17) is 0 Å². The summed E-state index contributed by atoms with van der Waals surface area (Å²) in [6, 6.07) is 8.74. The Morgan fingerprint density at radius 2 is 1.59 bits per heavy atom. The summed E-state index contributed by atoms with van der Waals surface area (Å²) < 4.78 is 65.4. The van der Waals surface area contributed by atoms with Gasteiger partial charge in [0.25, 0.3) is 0 Å². The molecule has 0 saturated heterocycles. The quantitative estimate of drug-likeness (QED) is 0.596. The second kappa shape index (κ2) is 8.44. The molecule has 0 saturated carbocycles. The van der Waals surface area contributed by atoms with Gasteiger partial charge in [0.15, 0.2) is 9.84 Å². The smallest absolute Gasteiger partial charge is 0.232 e. The van der Waals surface area contributed by atoms with Crippen LogP contribution >= 0.6 is 0 Å². The summed E-state index contributed by atoms with van der Waals surface area (Å²) in [7, 11) is -5.83. The first kappa shape index (κ1) is 23.3. The van der Waals surface area contributed by atoms with Crippen molar-refractivity contribution in [1.82, 2.24) is 0 Å². The molecule has 0 bridgehead atoms. The number of sulfonamides is 1. The van der Waals surface area contributed by atoms with Crippen molar-refractivity contribution < 1.29 is 21.2 Å². The maximum atomic E-state index is 13.7. The Balaban J connectivity index is 2.63. The minimum Gasteiger partial charge on any atom is -0.273 e. The van der Waals surface area contributed by atoms with Crippen molar-refractivity contribution in [2.75, 3.05) is 17.6 Å². The van der Waals surface area contributed by atoms with Crippen LogP contribution in [0.5, 0.6) is 0 Å². The first-order chi connectivity index (χ1) is 13.3. The molecule has 2 rings (SSSR count). The van der Waals surface area contributed by atoms with Crippen LogP contribution in [-0.4, -0.2) is 30.1 Å². The van der Waals surface area contributed by atoms with Crippen molar-refractivity contribution in [1.29, 1.82) is 0 Å². The van der Waals surface area contributed by atoms with Crippen molar-refractivity contribution in [3.63, 3.8) is 0 Å². The third-order valence-electron chi connectivity index (χ3n) is 4.86. The number of halogens is 1. The van der Waals surface area contributed by atoms with E-state index in [0.29, 0.717) is 22.4 Å². The lowest BCUT2D eigenvalue weighted by Crippen LogP contribution is -2.26. The molecule has 0 fully saturated rings. The lowest BCUT2D eigenvalue weighted by Gasteiger charge is -2.25. The van der Waals surface area contributed by atoms with E-state index < -0.39 is 25.7 Å². The van der Waals surface area contributed by atoms with Gasteiger partial charge in [-0.1, -0.05) is 39.8 Å². The number of hydrogen-bond donors (Lipinski definition) is 0. The molecule has 5 nitrogen and oxygen atoms in total. The third kappa shape index (κ3) is 5.17. The van der Waals surface area contributed by atoms with Crippen LogP contribution in [0.4, 0.5) is 10.1 Å². The van der Waals surface area contributed by atoms with Gasteiger partial charge in [0.1, 0.15) is 5.82 Å². The Kier molecular flexibility index (Phi) is 6.79. The molecule has 2 aromatic rings. The monoisotopic (exact) mass is 441 g/mol. The van der Waals surface area contributed by atoms with Gasteiger partial charge in [-0.2, -0.15) is 0 Å². The van der Waals surface area contributed by atoms with E-state index in [0.717, 1.165) is 16.6 Å². The molecule has 0 N–H and O–H groups in total. The molecule has 0 unspecified atom stereocenters. The van der Waals surface area contributed by atoms with Gasteiger partial charge in [-0.3, -0.25) is 4.31 Å². The van der Waals surface area contributed by atoms with Gasteiger partial charge < -0.3 is 0 Å². The Morgan fingerprint density at radius 3 is 2.10 bits per heavy atom. The van der Waals surface area contributed by atoms with E-state index in [1.54, 1.807) is 18.2 Å². The van der Waals surface area contributed by atoms with Gasteiger partial charge in [0.05, 0.1) is 22.6 Å². The number of sulfone groups is 1. The summed E-state index contributed by atoms with van der Waals surface area (Å²) in [6.07, 6.45) is 1.11. The molecule has 0 spiro atoms. The highest BCUT2D eigenvalue weighted by molar-refractivity contribution is 7.92. The molecule has 0 radical (unpaired) electrons. The summed E-state index contributed by atoms with van der Waals surface area (Å²) in [5, 5.41) is 0. The van der Waals surface area contributed by atoms with E-state index in [9.17, 15) is 21.2 Å². The molecule has 29 heavy (non-hydrogen) atoms. The molecule has 0 atom stereocenters. The average Bonchev–Trinajstić information content (AvgIpc) is 2.59. The van der Waals surface area contributed by atoms with E-state index in [2.05, 4.69) is 0 Å². The van der Waals surface area contributed by atoms with E-state index >= 15 is 0 Å². The summed E-state index contributed by atoms with van der Waals surface area (Å²) in [4.78, 5) is 0.102. The maximum absolute atomic E-state index is 13.7. The highest BCUT2D eigenvalue weighted by atomic mass is 32.2. The standard InChI is InChI=1S/C21H28FNO4S2/c1-14(2)18-12-17(22)10-11-20(18)29(26,27)13-16-8-7-9-19(21(16)15(3)4)23(5)28(6,24)25/h7-12,14-15H,13H2,1-6H3. The van der Waals surface area contributed by atoms with Crippen LogP contribution in [0.25, 0.3) is 0 Å². The number of nitrogens with zero attached hydrogens (tertiary/aromatic N) is 1. The van der Waals surface area contributed by atoms with Crippen LogP contribution < -0.4 is 4.31 Å². The number of anilines is 1. The molecule has 0 aromatic heterocycles. The first-order valence-electron chi connectivity index (χ1n) is 9.33. The number of hydrogen-bond acceptors (Lipinski definition) is 4. The molecular formula is C21H28FNO4S2. The van der Waals surface area contributed by atoms with Crippen molar-refractivity contribution in [3.8, 4) is 0 Å². The molecule has 0 aliphatic carbocycles. The molecule has 8 heteroatoms. The summed E-state index contributed by atoms with van der Waals surface area (Å²) in [5.74, 6) is -1.04. The fraction of sp³-hybridized carbons (Fsp3) is 0.429. The van der Waals surface area contributed by atoms with E-state index in [-0.39, 0.29) is 22.5 Å².